The lowest BCUT2D eigenvalue weighted by Gasteiger charge is -2.48. The molecule has 0 aliphatic heterocycles. The van der Waals surface area contributed by atoms with Crippen molar-refractivity contribution in [2.45, 2.75) is 38.5 Å². The number of fused-ring (bicyclic) bond motifs is 9. The van der Waals surface area contributed by atoms with E-state index in [2.05, 4.69) is 125 Å². The zero-order valence-corrected chi connectivity index (χ0v) is 26.7. The molecule has 0 spiro atoms. The van der Waals surface area contributed by atoms with Gasteiger partial charge in [0.05, 0.1) is 22.4 Å². The number of nitrogens with zero attached hydrogens (tertiary/aromatic N) is 2. The second-order valence-corrected chi connectivity index (χ2v) is 14.5. The summed E-state index contributed by atoms with van der Waals surface area (Å²) in [6, 6.07) is 43.9. The zero-order valence-electron chi connectivity index (χ0n) is 25.8. The summed E-state index contributed by atoms with van der Waals surface area (Å²) in [4.78, 5) is 10.3. The zero-order chi connectivity index (χ0) is 30.5. The minimum atomic E-state index is -0.0673. The molecule has 0 saturated carbocycles. The Morgan fingerprint density at radius 2 is 1.13 bits per heavy atom. The summed E-state index contributed by atoms with van der Waals surface area (Å²) in [6.45, 7) is 9.68. The van der Waals surface area contributed by atoms with Crippen LogP contribution in [0.3, 0.4) is 0 Å². The molecule has 3 heteroatoms. The van der Waals surface area contributed by atoms with Crippen LogP contribution in [0.15, 0.2) is 121 Å². The van der Waals surface area contributed by atoms with Gasteiger partial charge in [-0.05, 0) is 80.3 Å². The van der Waals surface area contributed by atoms with Gasteiger partial charge in [-0.3, -0.25) is 0 Å². The topological polar surface area (TPSA) is 25.8 Å². The van der Waals surface area contributed by atoms with Gasteiger partial charge in [-0.1, -0.05) is 113 Å². The molecular weight excluding hydrogens is 565 g/mol. The summed E-state index contributed by atoms with van der Waals surface area (Å²) >= 11 is 1.89. The summed E-state index contributed by atoms with van der Waals surface area (Å²) in [5, 5.41) is 5.23. The molecule has 45 heavy (non-hydrogen) atoms. The minimum Gasteiger partial charge on any atom is -0.244 e. The van der Waals surface area contributed by atoms with Gasteiger partial charge in [0, 0.05) is 31.3 Å². The number of hydrogen-bond acceptors (Lipinski definition) is 3. The highest BCUT2D eigenvalue weighted by Crippen LogP contribution is 2.57. The number of rotatable bonds is 2. The summed E-state index contributed by atoms with van der Waals surface area (Å²) in [5.41, 5.74) is 11.3. The van der Waals surface area contributed by atoms with Gasteiger partial charge in [0.1, 0.15) is 0 Å². The maximum absolute atomic E-state index is 5.20. The normalized spacial score (nSPS) is 15.0. The number of benzene rings is 6. The lowest BCUT2D eigenvalue weighted by atomic mass is 9.55. The van der Waals surface area contributed by atoms with Crippen molar-refractivity contribution < 1.29 is 0 Å². The van der Waals surface area contributed by atoms with Crippen LogP contribution in [0.2, 0.25) is 0 Å². The summed E-state index contributed by atoms with van der Waals surface area (Å²) in [5.74, 6) is 0. The SMILES string of the molecule is CC1(C)c2cc3c(cc2-c2c(ccc4ccccc24)C1(C)C)sc1ccc(-c2nc4ccccc4nc2-c2ccccc2)cc13. The second-order valence-electron chi connectivity index (χ2n) is 13.4. The maximum atomic E-state index is 5.20. The lowest BCUT2D eigenvalue weighted by molar-refractivity contribution is 0.299. The lowest BCUT2D eigenvalue weighted by Crippen LogP contribution is -2.43. The fourth-order valence-corrected chi connectivity index (χ4v) is 8.56. The van der Waals surface area contributed by atoms with Gasteiger partial charge >= 0.3 is 0 Å². The molecule has 216 valence electrons. The fraction of sp³-hybridized carbons (Fsp3) is 0.143. The van der Waals surface area contributed by atoms with E-state index in [9.17, 15) is 0 Å². The van der Waals surface area contributed by atoms with Gasteiger partial charge in [-0.2, -0.15) is 0 Å². The Hall–Kier alpha value is -4.86. The second kappa shape index (κ2) is 9.32. The summed E-state index contributed by atoms with van der Waals surface area (Å²) in [6.07, 6.45) is 0. The van der Waals surface area contributed by atoms with Crippen LogP contribution >= 0.6 is 11.3 Å². The molecule has 0 bridgehead atoms. The highest BCUT2D eigenvalue weighted by atomic mass is 32.1. The molecule has 0 unspecified atom stereocenters. The summed E-state index contributed by atoms with van der Waals surface area (Å²) < 4.78 is 2.62. The predicted octanol–water partition coefficient (Wildman–Crippen LogP) is 11.7. The standard InChI is InChI=1S/C42H32N2S/c1-41(2)32-20-18-25-12-8-9-15-28(25)38(32)31-24-37-30(23-33(31)42(41,3)4)29-22-27(19-21-36(29)45-37)40-39(26-13-6-5-7-14-26)43-34-16-10-11-17-35(34)44-40/h5-24H,1-4H3. The van der Waals surface area contributed by atoms with Crippen LogP contribution in [-0.4, -0.2) is 9.97 Å². The van der Waals surface area contributed by atoms with Crippen LogP contribution in [0.4, 0.5) is 0 Å². The van der Waals surface area contributed by atoms with Crippen LogP contribution in [0, 0.1) is 0 Å². The van der Waals surface area contributed by atoms with Crippen molar-refractivity contribution in [2.24, 2.45) is 0 Å². The van der Waals surface area contributed by atoms with E-state index in [-0.39, 0.29) is 10.8 Å². The first-order chi connectivity index (χ1) is 21.8. The highest BCUT2D eigenvalue weighted by molar-refractivity contribution is 7.25. The van der Waals surface area contributed by atoms with Crippen molar-refractivity contribution in [3.05, 3.63) is 132 Å². The maximum Gasteiger partial charge on any atom is 0.0973 e. The molecule has 9 rings (SSSR count). The van der Waals surface area contributed by atoms with Crippen molar-refractivity contribution in [3.63, 3.8) is 0 Å². The van der Waals surface area contributed by atoms with Crippen LogP contribution in [0.25, 0.3) is 75.6 Å². The molecule has 0 fully saturated rings. The Labute approximate surface area is 267 Å². The van der Waals surface area contributed by atoms with E-state index in [1.165, 1.54) is 53.2 Å². The first-order valence-electron chi connectivity index (χ1n) is 15.7. The molecule has 0 amide bonds. The van der Waals surface area contributed by atoms with Crippen molar-refractivity contribution in [3.8, 4) is 33.6 Å². The molecule has 2 nitrogen and oxygen atoms in total. The third-order valence-electron chi connectivity index (χ3n) is 10.6. The molecule has 2 heterocycles. The van der Waals surface area contributed by atoms with Gasteiger partial charge in [-0.25, -0.2) is 9.97 Å². The largest absolute Gasteiger partial charge is 0.244 e. The van der Waals surface area contributed by atoms with Crippen LogP contribution in [0.5, 0.6) is 0 Å². The first-order valence-corrected chi connectivity index (χ1v) is 16.5. The van der Waals surface area contributed by atoms with Crippen LogP contribution in [0.1, 0.15) is 38.8 Å². The van der Waals surface area contributed by atoms with Gasteiger partial charge in [0.25, 0.3) is 0 Å². The molecular formula is C42H32N2S. The van der Waals surface area contributed by atoms with Crippen molar-refractivity contribution in [1.82, 2.24) is 9.97 Å². The molecule has 1 aliphatic carbocycles. The number of para-hydroxylation sites is 2. The van der Waals surface area contributed by atoms with E-state index in [0.717, 1.165) is 33.5 Å². The molecule has 8 aromatic rings. The number of thiophene rings is 1. The third-order valence-corrected chi connectivity index (χ3v) is 11.7. The Balaban J connectivity index is 1.32. The van der Waals surface area contributed by atoms with Crippen LogP contribution in [-0.2, 0) is 10.8 Å². The molecule has 2 aromatic heterocycles. The molecule has 1 aliphatic rings. The van der Waals surface area contributed by atoms with Crippen LogP contribution < -0.4 is 0 Å². The van der Waals surface area contributed by atoms with Gasteiger partial charge in [0.15, 0.2) is 0 Å². The van der Waals surface area contributed by atoms with Gasteiger partial charge < -0.3 is 0 Å². The smallest absolute Gasteiger partial charge is 0.0973 e. The van der Waals surface area contributed by atoms with E-state index in [1.54, 1.807) is 0 Å². The van der Waals surface area contributed by atoms with Gasteiger partial charge in [0.2, 0.25) is 0 Å². The molecule has 0 N–H and O–H groups in total. The molecule has 0 atom stereocenters. The predicted molar refractivity (Wildman–Crippen MR) is 192 cm³/mol. The summed E-state index contributed by atoms with van der Waals surface area (Å²) in [7, 11) is 0. The van der Waals surface area contributed by atoms with E-state index in [0.29, 0.717) is 0 Å². The van der Waals surface area contributed by atoms with E-state index in [1.807, 2.05) is 35.6 Å². The average Bonchev–Trinajstić information content (AvgIpc) is 3.43. The van der Waals surface area contributed by atoms with Crippen molar-refractivity contribution >= 4 is 53.3 Å². The Morgan fingerprint density at radius 3 is 1.91 bits per heavy atom. The number of aromatic nitrogens is 2. The molecule has 6 aromatic carbocycles. The fourth-order valence-electron chi connectivity index (χ4n) is 7.45. The Kier molecular flexibility index (Phi) is 5.50. The Morgan fingerprint density at radius 1 is 0.489 bits per heavy atom. The molecule has 0 saturated heterocycles. The van der Waals surface area contributed by atoms with Crippen molar-refractivity contribution in [2.75, 3.05) is 0 Å². The van der Waals surface area contributed by atoms with Gasteiger partial charge in [-0.15, -0.1) is 11.3 Å². The molecule has 0 radical (unpaired) electrons. The monoisotopic (exact) mass is 596 g/mol. The Bertz CT molecular complexity index is 2480. The number of hydrogen-bond donors (Lipinski definition) is 0. The highest BCUT2D eigenvalue weighted by Gasteiger charge is 2.46. The van der Waals surface area contributed by atoms with E-state index >= 15 is 0 Å². The third kappa shape index (κ3) is 3.74. The quantitative estimate of drug-likeness (QED) is 0.198. The van der Waals surface area contributed by atoms with E-state index in [4.69, 9.17) is 9.97 Å². The minimum absolute atomic E-state index is 0.0463. The average molecular weight is 597 g/mol. The van der Waals surface area contributed by atoms with Crippen molar-refractivity contribution in [1.29, 1.82) is 0 Å². The van der Waals surface area contributed by atoms with E-state index < -0.39 is 0 Å². The first kappa shape index (κ1) is 26.5.